The number of amides is 1. The van der Waals surface area contributed by atoms with Crippen molar-refractivity contribution in [1.82, 2.24) is 24.4 Å². The molecule has 136 valence electrons. The molecular weight excluding hydrogens is 351 g/mol. The first-order chi connectivity index (χ1) is 11.6. The van der Waals surface area contributed by atoms with E-state index in [1.165, 1.54) is 4.90 Å². The maximum absolute atomic E-state index is 14.4. The number of imidazole rings is 1. The number of ether oxygens (including phenoxy) is 1. The molecule has 2 aromatic heterocycles. The molecule has 0 aromatic carbocycles. The molecule has 1 aliphatic rings. The number of nitrogens with one attached hydrogen (secondary N) is 1. The number of hydrogen-bond acceptors (Lipinski definition) is 6. The van der Waals surface area contributed by atoms with Crippen molar-refractivity contribution in [1.29, 1.82) is 0 Å². The lowest BCUT2D eigenvalue weighted by atomic mass is 10.2. The van der Waals surface area contributed by atoms with Gasteiger partial charge >= 0.3 is 6.09 Å². The molecular formula is C15H20ClFN6O2. The first-order valence-electron chi connectivity index (χ1n) is 7.87. The zero-order valence-corrected chi connectivity index (χ0v) is 15.2. The number of halogens is 2. The summed E-state index contributed by atoms with van der Waals surface area (Å²) in [5, 5.41) is 3.04. The lowest BCUT2D eigenvalue weighted by Crippen LogP contribution is -2.36. The van der Waals surface area contributed by atoms with E-state index in [1.54, 1.807) is 38.7 Å². The van der Waals surface area contributed by atoms with Gasteiger partial charge in [-0.3, -0.25) is 0 Å². The van der Waals surface area contributed by atoms with Crippen LogP contribution in [0.5, 0.6) is 0 Å². The van der Waals surface area contributed by atoms with Gasteiger partial charge in [0.15, 0.2) is 17.0 Å². The highest BCUT2D eigenvalue weighted by Gasteiger charge is 2.38. The zero-order chi connectivity index (χ0) is 18.4. The Bertz CT molecular complexity index is 805. The van der Waals surface area contributed by atoms with E-state index in [1.807, 2.05) is 0 Å². The summed E-state index contributed by atoms with van der Waals surface area (Å²) < 4.78 is 21.4. The number of carbonyl (C=O) groups excluding carboxylic acids is 1. The summed E-state index contributed by atoms with van der Waals surface area (Å²) in [7, 11) is 1.78. The number of hydrogen-bond donors (Lipinski definition) is 1. The standard InChI is InChI=1S/C15H20ClFN6O2/c1-15(2,3)25-14(24)23-5-8(17)9(6-23)19-11-10-12(21-13(16)20-11)22(4)7-18-10/h7-9H,5-6H2,1-4H3,(H,19,20,21)/t8-,9-/m1/s1. The molecule has 2 atom stereocenters. The highest BCUT2D eigenvalue weighted by Crippen LogP contribution is 2.25. The van der Waals surface area contributed by atoms with Crippen LogP contribution in [0.4, 0.5) is 15.0 Å². The summed E-state index contributed by atoms with van der Waals surface area (Å²) in [6, 6.07) is -0.635. The summed E-state index contributed by atoms with van der Waals surface area (Å²) in [6.45, 7) is 5.42. The number of nitrogens with zero attached hydrogens (tertiary/aromatic N) is 5. The van der Waals surface area contributed by atoms with Gasteiger partial charge in [0.2, 0.25) is 5.28 Å². The minimum atomic E-state index is -1.26. The van der Waals surface area contributed by atoms with Gasteiger partial charge in [-0.15, -0.1) is 0 Å². The molecule has 1 saturated heterocycles. The van der Waals surface area contributed by atoms with E-state index in [4.69, 9.17) is 16.3 Å². The summed E-state index contributed by atoms with van der Waals surface area (Å²) in [5.41, 5.74) is 0.407. The molecule has 3 heterocycles. The van der Waals surface area contributed by atoms with Gasteiger partial charge in [-0.25, -0.2) is 14.2 Å². The second-order valence-corrected chi connectivity index (χ2v) is 7.36. The monoisotopic (exact) mass is 370 g/mol. The molecule has 1 N–H and O–H groups in total. The smallest absolute Gasteiger partial charge is 0.410 e. The Balaban J connectivity index is 1.77. The lowest BCUT2D eigenvalue weighted by Gasteiger charge is -2.24. The number of likely N-dealkylation sites (tertiary alicyclic amines) is 1. The van der Waals surface area contributed by atoms with Crippen LogP contribution in [-0.4, -0.2) is 61.4 Å². The number of aromatic nitrogens is 4. The number of fused-ring (bicyclic) bond motifs is 1. The van der Waals surface area contributed by atoms with Gasteiger partial charge < -0.3 is 19.5 Å². The molecule has 0 aliphatic carbocycles. The Morgan fingerprint density at radius 3 is 2.80 bits per heavy atom. The quantitative estimate of drug-likeness (QED) is 0.817. The third kappa shape index (κ3) is 3.76. The van der Waals surface area contributed by atoms with Crippen molar-refractivity contribution in [3.05, 3.63) is 11.6 Å². The predicted octanol–water partition coefficient (Wildman–Crippen LogP) is 2.39. The normalized spacial score (nSPS) is 21.0. The van der Waals surface area contributed by atoms with Crippen LogP contribution in [0.2, 0.25) is 5.28 Å². The van der Waals surface area contributed by atoms with Crippen molar-refractivity contribution < 1.29 is 13.9 Å². The number of anilines is 1. The first kappa shape index (κ1) is 17.7. The molecule has 1 aliphatic heterocycles. The van der Waals surface area contributed by atoms with Crippen LogP contribution in [0.1, 0.15) is 20.8 Å². The second kappa shape index (κ2) is 6.29. The van der Waals surface area contributed by atoms with Gasteiger partial charge in [-0.2, -0.15) is 9.97 Å². The van der Waals surface area contributed by atoms with E-state index in [0.29, 0.717) is 17.0 Å². The van der Waals surface area contributed by atoms with Crippen molar-refractivity contribution in [2.75, 3.05) is 18.4 Å². The predicted molar refractivity (Wildman–Crippen MR) is 91.4 cm³/mol. The van der Waals surface area contributed by atoms with E-state index in [-0.39, 0.29) is 18.4 Å². The Kier molecular flexibility index (Phi) is 4.44. The fraction of sp³-hybridized carbons (Fsp3) is 0.600. The van der Waals surface area contributed by atoms with Gasteiger partial charge in [0.05, 0.1) is 18.9 Å². The molecule has 1 amide bonds. The molecule has 0 bridgehead atoms. The average molecular weight is 371 g/mol. The molecule has 25 heavy (non-hydrogen) atoms. The topological polar surface area (TPSA) is 85.2 Å². The van der Waals surface area contributed by atoms with Gasteiger partial charge in [0, 0.05) is 13.6 Å². The highest BCUT2D eigenvalue weighted by atomic mass is 35.5. The fourth-order valence-electron chi connectivity index (χ4n) is 2.63. The Labute approximate surface area is 149 Å². The molecule has 0 spiro atoms. The van der Waals surface area contributed by atoms with Crippen molar-refractivity contribution >= 4 is 34.7 Å². The van der Waals surface area contributed by atoms with Crippen molar-refractivity contribution in [2.24, 2.45) is 7.05 Å². The van der Waals surface area contributed by atoms with Gasteiger partial charge in [0.1, 0.15) is 11.8 Å². The Morgan fingerprint density at radius 1 is 1.40 bits per heavy atom. The molecule has 0 unspecified atom stereocenters. The average Bonchev–Trinajstić information content (AvgIpc) is 3.02. The van der Waals surface area contributed by atoms with E-state index >= 15 is 0 Å². The van der Waals surface area contributed by atoms with E-state index in [0.717, 1.165) is 0 Å². The van der Waals surface area contributed by atoms with E-state index < -0.39 is 23.9 Å². The van der Waals surface area contributed by atoms with Crippen LogP contribution in [-0.2, 0) is 11.8 Å². The fourth-order valence-corrected chi connectivity index (χ4v) is 2.80. The number of rotatable bonds is 2. The summed E-state index contributed by atoms with van der Waals surface area (Å²) in [6.07, 6.45) is -0.224. The summed E-state index contributed by atoms with van der Waals surface area (Å²) >= 11 is 5.94. The molecule has 0 radical (unpaired) electrons. The van der Waals surface area contributed by atoms with Gasteiger partial charge in [-0.05, 0) is 32.4 Å². The van der Waals surface area contributed by atoms with Crippen molar-refractivity contribution in [3.63, 3.8) is 0 Å². The molecule has 0 saturated carbocycles. The van der Waals surface area contributed by atoms with Crippen LogP contribution in [0.15, 0.2) is 6.33 Å². The van der Waals surface area contributed by atoms with E-state index in [2.05, 4.69) is 20.3 Å². The third-order valence-corrected chi connectivity index (χ3v) is 3.92. The molecule has 8 nitrogen and oxygen atoms in total. The highest BCUT2D eigenvalue weighted by molar-refractivity contribution is 6.28. The molecule has 1 fully saturated rings. The minimum absolute atomic E-state index is 0.0380. The number of carbonyl (C=O) groups is 1. The maximum atomic E-state index is 14.4. The largest absolute Gasteiger partial charge is 0.444 e. The first-order valence-corrected chi connectivity index (χ1v) is 8.25. The van der Waals surface area contributed by atoms with Crippen molar-refractivity contribution in [2.45, 2.75) is 38.6 Å². The zero-order valence-electron chi connectivity index (χ0n) is 14.5. The van der Waals surface area contributed by atoms with Gasteiger partial charge in [0.25, 0.3) is 0 Å². The minimum Gasteiger partial charge on any atom is -0.444 e. The Hall–Kier alpha value is -2.16. The van der Waals surface area contributed by atoms with Crippen LogP contribution in [0.25, 0.3) is 11.2 Å². The van der Waals surface area contributed by atoms with Crippen LogP contribution >= 0.6 is 11.6 Å². The van der Waals surface area contributed by atoms with Crippen molar-refractivity contribution in [3.8, 4) is 0 Å². The number of alkyl halides is 1. The molecule has 10 heteroatoms. The second-order valence-electron chi connectivity index (χ2n) is 7.02. The summed E-state index contributed by atoms with van der Waals surface area (Å²) in [4.78, 5) is 25.9. The molecule has 2 aromatic rings. The van der Waals surface area contributed by atoms with Gasteiger partial charge in [-0.1, -0.05) is 0 Å². The van der Waals surface area contributed by atoms with Crippen LogP contribution in [0, 0.1) is 0 Å². The van der Waals surface area contributed by atoms with Crippen LogP contribution in [0.3, 0.4) is 0 Å². The summed E-state index contributed by atoms with van der Waals surface area (Å²) in [5.74, 6) is 0.342. The molecule has 3 rings (SSSR count). The SMILES string of the molecule is Cn1cnc2c(N[C@@H]3CN(C(=O)OC(C)(C)C)C[C@H]3F)nc(Cl)nc21. The lowest BCUT2D eigenvalue weighted by molar-refractivity contribution is 0.0283. The Morgan fingerprint density at radius 2 is 2.12 bits per heavy atom. The van der Waals surface area contributed by atoms with E-state index in [9.17, 15) is 9.18 Å². The maximum Gasteiger partial charge on any atom is 0.410 e. The number of aryl methyl sites for hydroxylation is 1. The van der Waals surface area contributed by atoms with Crippen LogP contribution < -0.4 is 5.32 Å². The third-order valence-electron chi connectivity index (χ3n) is 3.75.